The summed E-state index contributed by atoms with van der Waals surface area (Å²) < 4.78 is 46.6. The maximum atomic E-state index is 13.8. The molecule has 1 N–H and O–H groups in total. The number of benzene rings is 1. The number of aliphatic carboxylic acids is 1. The minimum atomic E-state index is -3.69. The molecule has 0 amide bonds. The molecule has 0 aliphatic carbocycles. The van der Waals surface area contributed by atoms with E-state index in [4.69, 9.17) is 14.8 Å². The summed E-state index contributed by atoms with van der Waals surface area (Å²) in [5, 5.41) is 12.0. The maximum Gasteiger partial charge on any atom is 0.303 e. The molecule has 3 rings (SSSR count). The standard InChI is InChI=1S/C26H32FN3O6S/c1-16(2)25-21(13-12-20(29-33)6-5-7-23(31)32)24(18-8-10-19(27)11-9-18)22-15-36-17(3)14-30(26(22)28-25)37(4,34)35/h8-13,16-17,20H,5-7,14-15H2,1-4H3,(H,31,32)/b13-12+/t17-,20+/m1/s1. The summed E-state index contributed by atoms with van der Waals surface area (Å²) in [6.07, 6.45) is 4.51. The Balaban J connectivity index is 2.28. The van der Waals surface area contributed by atoms with E-state index in [1.807, 2.05) is 13.8 Å². The smallest absolute Gasteiger partial charge is 0.303 e. The zero-order valence-electron chi connectivity index (χ0n) is 21.3. The van der Waals surface area contributed by atoms with Crippen LogP contribution >= 0.6 is 0 Å². The van der Waals surface area contributed by atoms with Gasteiger partial charge in [-0.05, 0) is 48.9 Å². The maximum absolute atomic E-state index is 13.8. The minimum Gasteiger partial charge on any atom is -0.481 e. The number of halogens is 1. The Morgan fingerprint density at radius 1 is 1.32 bits per heavy atom. The molecule has 11 heteroatoms. The number of carboxylic acids is 1. The van der Waals surface area contributed by atoms with Crippen molar-refractivity contribution in [3.63, 3.8) is 0 Å². The molecule has 0 saturated heterocycles. The fourth-order valence-corrected chi connectivity index (χ4v) is 5.23. The highest BCUT2D eigenvalue weighted by Gasteiger charge is 2.32. The number of hydrogen-bond donors (Lipinski definition) is 1. The Labute approximate surface area is 216 Å². The topological polar surface area (TPSA) is 126 Å². The Morgan fingerprint density at radius 3 is 2.57 bits per heavy atom. The number of ether oxygens (including phenoxy) is 1. The molecular weight excluding hydrogens is 501 g/mol. The number of sulfonamides is 1. The molecule has 2 atom stereocenters. The van der Waals surface area contributed by atoms with Crippen LogP contribution in [0.15, 0.2) is 35.5 Å². The second-order valence-electron chi connectivity index (χ2n) is 9.48. The number of nitroso groups, excluding NO2 is 1. The second kappa shape index (κ2) is 11.9. The van der Waals surface area contributed by atoms with Gasteiger partial charge in [0.1, 0.15) is 17.7 Å². The number of carbonyl (C=O) groups is 1. The number of fused-ring (bicyclic) bond motifs is 1. The van der Waals surface area contributed by atoms with Gasteiger partial charge in [-0.15, -0.1) is 0 Å². The zero-order valence-corrected chi connectivity index (χ0v) is 22.2. The first kappa shape index (κ1) is 28.4. The summed E-state index contributed by atoms with van der Waals surface area (Å²) in [6, 6.07) is 5.09. The van der Waals surface area contributed by atoms with E-state index >= 15 is 0 Å². The van der Waals surface area contributed by atoms with Crippen LogP contribution in [0.4, 0.5) is 10.2 Å². The van der Waals surface area contributed by atoms with Crippen molar-refractivity contribution in [3.8, 4) is 11.1 Å². The number of pyridine rings is 1. The van der Waals surface area contributed by atoms with Crippen LogP contribution in [0.25, 0.3) is 17.2 Å². The van der Waals surface area contributed by atoms with Crippen LogP contribution in [0.5, 0.6) is 0 Å². The molecule has 1 aromatic heterocycles. The van der Waals surface area contributed by atoms with Gasteiger partial charge < -0.3 is 9.84 Å². The monoisotopic (exact) mass is 533 g/mol. The molecular formula is C26H32FN3O6S. The molecule has 37 heavy (non-hydrogen) atoms. The molecule has 0 radical (unpaired) electrons. The van der Waals surface area contributed by atoms with Crippen LogP contribution in [0.3, 0.4) is 0 Å². The lowest BCUT2D eigenvalue weighted by atomic mass is 9.90. The Morgan fingerprint density at radius 2 is 2.00 bits per heavy atom. The fraction of sp³-hybridized carbons (Fsp3) is 0.462. The highest BCUT2D eigenvalue weighted by Crippen LogP contribution is 2.40. The first-order valence-electron chi connectivity index (χ1n) is 12.1. The van der Waals surface area contributed by atoms with Crippen molar-refractivity contribution in [3.05, 3.63) is 57.9 Å². The average Bonchev–Trinajstić information content (AvgIpc) is 2.99. The van der Waals surface area contributed by atoms with Crippen LogP contribution in [-0.2, 0) is 26.2 Å². The molecule has 0 unspecified atom stereocenters. The van der Waals surface area contributed by atoms with Gasteiger partial charge >= 0.3 is 5.97 Å². The molecule has 0 bridgehead atoms. The van der Waals surface area contributed by atoms with Crippen LogP contribution in [0.1, 0.15) is 62.8 Å². The number of aromatic nitrogens is 1. The van der Waals surface area contributed by atoms with E-state index in [2.05, 4.69) is 5.18 Å². The minimum absolute atomic E-state index is 0.0742. The third kappa shape index (κ3) is 6.98. The van der Waals surface area contributed by atoms with Gasteiger partial charge in [0.2, 0.25) is 10.0 Å². The molecule has 9 nitrogen and oxygen atoms in total. The van der Waals surface area contributed by atoms with Gasteiger partial charge in [-0.3, -0.25) is 9.10 Å². The van der Waals surface area contributed by atoms with Crippen molar-refractivity contribution < 1.29 is 27.4 Å². The highest BCUT2D eigenvalue weighted by molar-refractivity contribution is 7.92. The summed E-state index contributed by atoms with van der Waals surface area (Å²) in [5.74, 6) is -1.24. The van der Waals surface area contributed by atoms with Crippen LogP contribution in [0, 0.1) is 10.7 Å². The lowest BCUT2D eigenvalue weighted by molar-refractivity contribution is -0.137. The normalized spacial score (nSPS) is 17.0. The van der Waals surface area contributed by atoms with Gasteiger partial charge in [-0.1, -0.05) is 43.3 Å². The van der Waals surface area contributed by atoms with E-state index in [1.165, 1.54) is 16.4 Å². The third-order valence-electron chi connectivity index (χ3n) is 6.11. The van der Waals surface area contributed by atoms with E-state index in [0.717, 1.165) is 6.26 Å². The van der Waals surface area contributed by atoms with Crippen molar-refractivity contribution in [1.29, 1.82) is 0 Å². The van der Waals surface area contributed by atoms with Gasteiger partial charge in [0.05, 0.1) is 31.2 Å². The van der Waals surface area contributed by atoms with Crippen molar-refractivity contribution in [2.45, 2.75) is 64.7 Å². The highest BCUT2D eigenvalue weighted by atomic mass is 32.2. The van der Waals surface area contributed by atoms with Gasteiger partial charge in [-0.2, -0.15) is 4.91 Å². The Kier molecular flexibility index (Phi) is 9.14. The predicted octanol–water partition coefficient (Wildman–Crippen LogP) is 5.10. The molecule has 200 valence electrons. The zero-order chi connectivity index (χ0) is 27.3. The number of carboxylic acid groups (broad SMARTS) is 1. The summed E-state index contributed by atoms with van der Waals surface area (Å²) in [4.78, 5) is 27.1. The summed E-state index contributed by atoms with van der Waals surface area (Å²) in [6.45, 7) is 5.79. The summed E-state index contributed by atoms with van der Waals surface area (Å²) in [7, 11) is -3.69. The first-order valence-corrected chi connectivity index (χ1v) is 13.9. The second-order valence-corrected chi connectivity index (χ2v) is 11.4. The molecule has 0 spiro atoms. The van der Waals surface area contributed by atoms with Crippen LogP contribution < -0.4 is 4.31 Å². The van der Waals surface area contributed by atoms with Gasteiger partial charge in [0.25, 0.3) is 0 Å². The quantitative estimate of drug-likeness (QED) is 0.421. The van der Waals surface area contributed by atoms with Crippen molar-refractivity contribution in [1.82, 2.24) is 4.98 Å². The fourth-order valence-electron chi connectivity index (χ4n) is 4.29. The molecule has 0 saturated carbocycles. The largest absolute Gasteiger partial charge is 0.481 e. The van der Waals surface area contributed by atoms with E-state index in [1.54, 1.807) is 31.2 Å². The van der Waals surface area contributed by atoms with Crippen LogP contribution in [0.2, 0.25) is 0 Å². The van der Waals surface area contributed by atoms with Crippen molar-refractivity contribution in [2.24, 2.45) is 5.18 Å². The molecule has 2 heterocycles. The lowest BCUT2D eigenvalue weighted by Crippen LogP contribution is -2.36. The van der Waals surface area contributed by atoms with Gasteiger partial charge in [0.15, 0.2) is 0 Å². The van der Waals surface area contributed by atoms with E-state index in [-0.39, 0.29) is 44.1 Å². The number of hydrogen-bond acceptors (Lipinski definition) is 7. The van der Waals surface area contributed by atoms with E-state index in [0.29, 0.717) is 27.9 Å². The predicted molar refractivity (Wildman–Crippen MR) is 140 cm³/mol. The Hall–Kier alpha value is -3.18. The lowest BCUT2D eigenvalue weighted by Gasteiger charge is -2.26. The third-order valence-corrected chi connectivity index (χ3v) is 7.23. The van der Waals surface area contributed by atoms with Gasteiger partial charge in [0, 0.05) is 17.5 Å². The SMILES string of the molecule is CC(C)c1nc2c(c(-c3ccc(F)cc3)c1/C=C/[C@H](CCCC(=O)O)N=O)CO[C@H](C)CN2S(C)(=O)=O. The molecule has 1 aromatic carbocycles. The molecule has 1 aliphatic heterocycles. The Bertz CT molecular complexity index is 1280. The van der Waals surface area contributed by atoms with Crippen molar-refractivity contribution in [2.75, 3.05) is 17.1 Å². The average molecular weight is 534 g/mol. The number of rotatable bonds is 10. The number of anilines is 1. The number of nitrogens with zero attached hydrogens (tertiary/aromatic N) is 3. The van der Waals surface area contributed by atoms with Crippen LogP contribution in [-0.4, -0.2) is 49.4 Å². The first-order chi connectivity index (χ1) is 17.4. The van der Waals surface area contributed by atoms with Crippen molar-refractivity contribution >= 4 is 27.9 Å². The summed E-state index contributed by atoms with van der Waals surface area (Å²) >= 11 is 0. The van der Waals surface area contributed by atoms with E-state index in [9.17, 15) is 22.5 Å². The molecule has 2 aromatic rings. The summed E-state index contributed by atoms with van der Waals surface area (Å²) in [5.41, 5.74) is 3.02. The molecule has 1 aliphatic rings. The van der Waals surface area contributed by atoms with E-state index < -0.39 is 34.0 Å². The van der Waals surface area contributed by atoms with Gasteiger partial charge in [-0.25, -0.2) is 17.8 Å². The molecule has 0 fully saturated rings.